The first kappa shape index (κ1) is 48.4. The summed E-state index contributed by atoms with van der Waals surface area (Å²) in [6.07, 6.45) is 0. The number of hydrogen-bond donors (Lipinski definition) is 0. The fourth-order valence-corrected chi connectivity index (χ4v) is 10.8. The quantitative estimate of drug-likeness (QED) is 0.0784. The van der Waals surface area contributed by atoms with Crippen LogP contribution in [0.3, 0.4) is 0 Å². The van der Waals surface area contributed by atoms with Gasteiger partial charge in [-0.15, -0.1) is 32.9 Å². The van der Waals surface area contributed by atoms with Gasteiger partial charge in [-0.1, -0.05) is 12.1 Å². The van der Waals surface area contributed by atoms with Gasteiger partial charge in [0.15, 0.2) is 0 Å². The number of fused-ring (bicyclic) bond motifs is 2. The van der Waals surface area contributed by atoms with Crippen molar-refractivity contribution < 1.29 is 127 Å². The standard InChI is InChI=1S/C28H20N4O12S6.4Li/c1-13-3-7-19-23(25(13)49(39,40)41)45-27(29-19)15-5-9-17(21(11-15)47(33,34)35)31-32-18-10-6-16(12-22(18)48(36,37)38)28-30-20-8-4-14(2)26(24(20)46-28)50(42,43)44;;;;/h3-12H,1-2H3,(H,33,34,35)(H,36,37,38)(H,39,40,41)(H,42,43,44);;;;/q;4*+1/p-4. The van der Waals surface area contributed by atoms with Crippen LogP contribution < -0.4 is 75.4 Å². The molecule has 0 aliphatic carbocycles. The van der Waals surface area contributed by atoms with Crippen molar-refractivity contribution in [3.8, 4) is 21.1 Å². The maximum Gasteiger partial charge on any atom is 1.00 e. The van der Waals surface area contributed by atoms with Crippen molar-refractivity contribution in [2.75, 3.05) is 0 Å². The molecule has 0 unspecified atom stereocenters. The maximum absolute atomic E-state index is 12.3. The minimum absolute atomic E-state index is 0. The topological polar surface area (TPSA) is 279 Å². The Balaban J connectivity index is 0.00000252. The summed E-state index contributed by atoms with van der Waals surface area (Å²) in [5, 5.41) is 7.58. The number of aryl methyl sites for hydroxylation is 2. The van der Waals surface area contributed by atoms with Crippen molar-refractivity contribution in [3.05, 3.63) is 71.8 Å². The van der Waals surface area contributed by atoms with Gasteiger partial charge in [0.1, 0.15) is 61.9 Å². The molecule has 0 bridgehead atoms. The summed E-state index contributed by atoms with van der Waals surface area (Å²) in [4.78, 5) is 5.72. The largest absolute Gasteiger partial charge is 1.00 e. The zero-order chi connectivity index (χ0) is 36.6. The first-order valence-corrected chi connectivity index (χ1v) is 20.7. The Morgan fingerprint density at radius 3 is 1.13 bits per heavy atom. The number of hydrogen-bond acceptors (Lipinski definition) is 18. The van der Waals surface area contributed by atoms with Crippen LogP contribution in [0.5, 0.6) is 0 Å². The Bertz CT molecular complexity index is 2720. The van der Waals surface area contributed by atoms with Crippen molar-refractivity contribution in [2.45, 2.75) is 33.4 Å². The molecule has 6 aromatic rings. The minimum atomic E-state index is -5.27. The Hall–Kier alpha value is -1.71. The molecule has 0 atom stereocenters. The number of thiazole rings is 2. The summed E-state index contributed by atoms with van der Waals surface area (Å²) in [7, 11) is -20.4. The van der Waals surface area contributed by atoms with Crippen LogP contribution in [0.4, 0.5) is 11.4 Å². The van der Waals surface area contributed by atoms with Crippen LogP contribution >= 0.6 is 22.7 Å². The summed E-state index contributed by atoms with van der Waals surface area (Å²) >= 11 is 1.54. The Labute approximate surface area is 365 Å². The van der Waals surface area contributed by atoms with Crippen LogP contribution in [0.1, 0.15) is 11.1 Å². The minimum Gasteiger partial charge on any atom is -0.744 e. The van der Waals surface area contributed by atoms with Crippen LogP contribution in [-0.2, 0) is 40.5 Å². The van der Waals surface area contributed by atoms with Crippen LogP contribution in [0, 0.1) is 13.8 Å². The molecule has 16 nitrogen and oxygen atoms in total. The summed E-state index contributed by atoms with van der Waals surface area (Å²) in [5.74, 6) is 0. The SMILES string of the molecule is Cc1ccc2nc(-c3ccc(N=Nc4ccc(-c5nc6ccc(C)c(S(=O)(=O)[O-])c6s5)cc4S(=O)(=O)[O-])c(S(=O)(=O)[O-])c3)sc2c1S(=O)(=O)[O-].[Li+].[Li+].[Li+].[Li+]. The molecule has 0 saturated carbocycles. The van der Waals surface area contributed by atoms with E-state index in [0.29, 0.717) is 0 Å². The number of azo groups is 1. The van der Waals surface area contributed by atoms with E-state index in [1.54, 1.807) is 0 Å². The van der Waals surface area contributed by atoms with Gasteiger partial charge < -0.3 is 18.2 Å². The fourth-order valence-electron chi connectivity index (χ4n) is 4.97. The summed E-state index contributed by atoms with van der Waals surface area (Å²) < 4.78 is 145. The third-order valence-corrected chi connectivity index (χ3v) is 13.5. The van der Waals surface area contributed by atoms with Gasteiger partial charge in [-0.25, -0.2) is 43.6 Å². The molecular weight excluding hydrogens is 804 g/mol. The Kier molecular flexibility index (Phi) is 15.6. The van der Waals surface area contributed by atoms with E-state index in [-0.39, 0.29) is 128 Å². The van der Waals surface area contributed by atoms with E-state index < -0.39 is 71.4 Å². The van der Waals surface area contributed by atoms with Crippen molar-refractivity contribution in [1.29, 1.82) is 0 Å². The molecule has 6 rings (SSSR count). The predicted molar refractivity (Wildman–Crippen MR) is 176 cm³/mol. The smallest absolute Gasteiger partial charge is 0.744 e. The zero-order valence-corrected chi connectivity index (χ0v) is 33.8. The van der Waals surface area contributed by atoms with Crippen LogP contribution in [0.2, 0.25) is 0 Å². The molecule has 0 saturated heterocycles. The molecule has 0 spiro atoms. The van der Waals surface area contributed by atoms with E-state index >= 15 is 0 Å². The summed E-state index contributed by atoms with van der Waals surface area (Å²) in [6.45, 7) is 2.84. The molecular formula is C28H16Li4N4O12S6. The number of benzene rings is 4. The second-order valence-electron chi connectivity index (χ2n) is 10.5. The normalized spacial score (nSPS) is 12.2. The second-order valence-corrected chi connectivity index (χ2v) is 17.9. The zero-order valence-electron chi connectivity index (χ0n) is 28.9. The molecule has 54 heavy (non-hydrogen) atoms. The van der Waals surface area contributed by atoms with E-state index in [1.165, 1.54) is 50.2 Å². The summed E-state index contributed by atoms with van der Waals surface area (Å²) in [6, 6.07) is 12.1. The first-order valence-electron chi connectivity index (χ1n) is 13.5. The van der Waals surface area contributed by atoms with Crippen LogP contribution in [0.25, 0.3) is 41.6 Å². The third kappa shape index (κ3) is 9.86. The molecule has 2 aromatic heterocycles. The Morgan fingerprint density at radius 1 is 0.500 bits per heavy atom. The average molecular weight is 821 g/mol. The third-order valence-electron chi connectivity index (χ3n) is 7.14. The monoisotopic (exact) mass is 820 g/mol. The molecule has 2 heterocycles. The van der Waals surface area contributed by atoms with Crippen molar-refractivity contribution in [1.82, 2.24) is 9.97 Å². The first-order chi connectivity index (χ1) is 23.1. The van der Waals surface area contributed by atoms with Crippen molar-refractivity contribution >= 4 is 95.0 Å². The molecule has 260 valence electrons. The molecule has 0 amide bonds. The predicted octanol–water partition coefficient (Wildman–Crippen LogP) is -7.10. The van der Waals surface area contributed by atoms with Gasteiger partial charge in [0.05, 0.1) is 40.0 Å². The maximum atomic E-state index is 12.3. The van der Waals surface area contributed by atoms with Gasteiger partial charge in [-0.2, -0.15) is 0 Å². The Morgan fingerprint density at radius 2 is 0.833 bits per heavy atom. The van der Waals surface area contributed by atoms with Gasteiger partial charge in [0.25, 0.3) is 0 Å². The van der Waals surface area contributed by atoms with Crippen LogP contribution in [-0.4, -0.2) is 61.9 Å². The number of rotatable bonds is 8. The van der Waals surface area contributed by atoms with Gasteiger partial charge >= 0.3 is 75.4 Å². The molecule has 0 aliphatic rings. The molecule has 0 fully saturated rings. The van der Waals surface area contributed by atoms with Gasteiger partial charge in [-0.3, -0.25) is 0 Å². The molecule has 0 aliphatic heterocycles. The van der Waals surface area contributed by atoms with Gasteiger partial charge in [-0.05, 0) is 73.5 Å². The number of aromatic nitrogens is 2. The fraction of sp³-hybridized carbons (Fsp3) is 0.0714. The van der Waals surface area contributed by atoms with E-state index in [9.17, 15) is 51.9 Å². The van der Waals surface area contributed by atoms with Gasteiger partial charge in [0.2, 0.25) is 0 Å². The second kappa shape index (κ2) is 17.4. The van der Waals surface area contributed by atoms with E-state index in [2.05, 4.69) is 20.2 Å². The molecule has 4 aromatic carbocycles. The van der Waals surface area contributed by atoms with E-state index in [4.69, 9.17) is 0 Å². The molecule has 26 heteroatoms. The molecule has 0 radical (unpaired) electrons. The molecule has 0 N–H and O–H groups in total. The van der Waals surface area contributed by atoms with E-state index in [1.807, 2.05) is 0 Å². The number of nitrogens with zero attached hydrogens (tertiary/aromatic N) is 4. The average Bonchev–Trinajstić information content (AvgIpc) is 3.62. The van der Waals surface area contributed by atoms with Crippen molar-refractivity contribution in [2.24, 2.45) is 10.2 Å². The van der Waals surface area contributed by atoms with Crippen LogP contribution in [0.15, 0.2) is 90.5 Å². The summed E-state index contributed by atoms with van der Waals surface area (Å²) in [5.41, 5.74) is -0.404. The van der Waals surface area contributed by atoms with Crippen molar-refractivity contribution in [3.63, 3.8) is 0 Å². The van der Waals surface area contributed by atoms with Gasteiger partial charge in [0, 0.05) is 11.1 Å². The van der Waals surface area contributed by atoms with E-state index in [0.717, 1.165) is 46.9 Å².